The standard InChI is InChI=1S/C14H15NO3/c1-3-13(16)18-9(2)11-8-10-6-4-5-7-12(10)15-14(11)17/h4-9H,3H2,1-2H3,(H,15,17). The van der Waals surface area contributed by atoms with Gasteiger partial charge in [0.25, 0.3) is 5.56 Å². The van der Waals surface area contributed by atoms with E-state index in [4.69, 9.17) is 4.74 Å². The van der Waals surface area contributed by atoms with Crippen molar-refractivity contribution in [3.63, 3.8) is 0 Å². The first kappa shape index (κ1) is 12.4. The molecule has 2 aromatic rings. The van der Waals surface area contributed by atoms with Gasteiger partial charge in [-0.05, 0) is 24.4 Å². The monoisotopic (exact) mass is 245 g/mol. The van der Waals surface area contributed by atoms with Gasteiger partial charge in [0.2, 0.25) is 0 Å². The molecule has 0 saturated heterocycles. The summed E-state index contributed by atoms with van der Waals surface area (Å²) in [6.45, 7) is 3.42. The zero-order valence-corrected chi connectivity index (χ0v) is 10.4. The Balaban J connectivity index is 2.41. The van der Waals surface area contributed by atoms with Crippen molar-refractivity contribution < 1.29 is 9.53 Å². The van der Waals surface area contributed by atoms with Crippen LogP contribution in [0.4, 0.5) is 0 Å². The lowest BCUT2D eigenvalue weighted by atomic mass is 10.1. The predicted octanol–water partition coefficient (Wildman–Crippen LogP) is 2.54. The molecule has 0 bridgehead atoms. The van der Waals surface area contributed by atoms with Crippen molar-refractivity contribution in [1.82, 2.24) is 4.98 Å². The van der Waals surface area contributed by atoms with Gasteiger partial charge in [-0.15, -0.1) is 0 Å². The Kier molecular flexibility index (Phi) is 3.46. The lowest BCUT2D eigenvalue weighted by Crippen LogP contribution is -2.18. The number of carbonyl (C=O) groups excluding carboxylic acids is 1. The van der Waals surface area contributed by atoms with Gasteiger partial charge in [-0.3, -0.25) is 9.59 Å². The normalized spacial score (nSPS) is 12.3. The summed E-state index contributed by atoms with van der Waals surface area (Å²) in [5, 5.41) is 0.923. The predicted molar refractivity (Wildman–Crippen MR) is 69.4 cm³/mol. The van der Waals surface area contributed by atoms with Crippen LogP contribution in [0.15, 0.2) is 35.1 Å². The van der Waals surface area contributed by atoms with Crippen LogP contribution in [0.3, 0.4) is 0 Å². The summed E-state index contributed by atoms with van der Waals surface area (Å²) in [7, 11) is 0. The molecule has 18 heavy (non-hydrogen) atoms. The Hall–Kier alpha value is -2.10. The van der Waals surface area contributed by atoms with Gasteiger partial charge in [-0.25, -0.2) is 0 Å². The van der Waals surface area contributed by atoms with Gasteiger partial charge in [-0.1, -0.05) is 25.1 Å². The highest BCUT2D eigenvalue weighted by molar-refractivity contribution is 5.78. The molecule has 0 radical (unpaired) electrons. The molecule has 0 fully saturated rings. The first-order valence-electron chi connectivity index (χ1n) is 5.93. The number of fused-ring (bicyclic) bond motifs is 1. The number of aromatic nitrogens is 1. The highest BCUT2D eigenvalue weighted by atomic mass is 16.5. The van der Waals surface area contributed by atoms with Gasteiger partial charge in [0, 0.05) is 11.9 Å². The molecule has 1 heterocycles. The second kappa shape index (κ2) is 5.04. The quantitative estimate of drug-likeness (QED) is 0.845. The molecule has 1 unspecified atom stereocenters. The Morgan fingerprint density at radius 3 is 2.83 bits per heavy atom. The third-order valence-electron chi connectivity index (χ3n) is 2.82. The van der Waals surface area contributed by atoms with Crippen LogP contribution in [-0.2, 0) is 9.53 Å². The number of ether oxygens (including phenoxy) is 1. The Labute approximate surface area is 105 Å². The van der Waals surface area contributed by atoms with Crippen molar-refractivity contribution in [3.05, 3.63) is 46.2 Å². The van der Waals surface area contributed by atoms with Crippen molar-refractivity contribution >= 4 is 16.9 Å². The first-order valence-corrected chi connectivity index (χ1v) is 5.93. The lowest BCUT2D eigenvalue weighted by molar-refractivity contribution is -0.148. The topological polar surface area (TPSA) is 59.2 Å². The zero-order chi connectivity index (χ0) is 13.1. The maximum Gasteiger partial charge on any atom is 0.306 e. The maximum absolute atomic E-state index is 11.9. The molecular formula is C14H15NO3. The van der Waals surface area contributed by atoms with E-state index in [1.165, 1.54) is 0 Å². The number of para-hydroxylation sites is 1. The number of H-pyrrole nitrogens is 1. The summed E-state index contributed by atoms with van der Waals surface area (Å²) in [5.74, 6) is -0.310. The summed E-state index contributed by atoms with van der Waals surface area (Å²) < 4.78 is 5.16. The summed E-state index contributed by atoms with van der Waals surface area (Å²) in [6.07, 6.45) is -0.235. The molecule has 4 nitrogen and oxygen atoms in total. The van der Waals surface area contributed by atoms with Crippen LogP contribution in [-0.4, -0.2) is 11.0 Å². The van der Waals surface area contributed by atoms with Crippen molar-refractivity contribution in [2.45, 2.75) is 26.4 Å². The van der Waals surface area contributed by atoms with E-state index in [0.717, 1.165) is 10.9 Å². The van der Waals surface area contributed by atoms with Crippen LogP contribution in [0.1, 0.15) is 31.9 Å². The number of pyridine rings is 1. The number of benzene rings is 1. The molecular weight excluding hydrogens is 230 g/mol. The highest BCUT2D eigenvalue weighted by Crippen LogP contribution is 2.17. The molecule has 1 aromatic heterocycles. The zero-order valence-electron chi connectivity index (χ0n) is 10.4. The molecule has 0 aliphatic rings. The number of carbonyl (C=O) groups is 1. The molecule has 0 saturated carbocycles. The average molecular weight is 245 g/mol. The first-order chi connectivity index (χ1) is 8.61. The van der Waals surface area contributed by atoms with E-state index < -0.39 is 6.10 Å². The number of hydrogen-bond acceptors (Lipinski definition) is 3. The second-order valence-electron chi connectivity index (χ2n) is 4.13. The van der Waals surface area contributed by atoms with Crippen molar-refractivity contribution in [2.24, 2.45) is 0 Å². The van der Waals surface area contributed by atoms with E-state index in [-0.39, 0.29) is 11.5 Å². The number of esters is 1. The van der Waals surface area contributed by atoms with Crippen molar-refractivity contribution in [1.29, 1.82) is 0 Å². The van der Waals surface area contributed by atoms with Gasteiger partial charge in [0.05, 0.1) is 5.56 Å². The molecule has 1 N–H and O–H groups in total. The molecule has 0 aliphatic heterocycles. The fourth-order valence-electron chi connectivity index (χ4n) is 1.81. The number of aromatic amines is 1. The van der Waals surface area contributed by atoms with Crippen LogP contribution in [0, 0.1) is 0 Å². The van der Waals surface area contributed by atoms with Crippen LogP contribution < -0.4 is 5.56 Å². The third kappa shape index (κ3) is 2.42. The van der Waals surface area contributed by atoms with Crippen molar-refractivity contribution in [2.75, 3.05) is 0 Å². The fourth-order valence-corrected chi connectivity index (χ4v) is 1.81. The largest absolute Gasteiger partial charge is 0.458 e. The fraction of sp³-hybridized carbons (Fsp3) is 0.286. The summed E-state index contributed by atoms with van der Waals surface area (Å²) in [5.41, 5.74) is 1.03. The van der Waals surface area contributed by atoms with Gasteiger partial charge < -0.3 is 9.72 Å². The number of rotatable bonds is 3. The summed E-state index contributed by atoms with van der Waals surface area (Å²) in [6, 6.07) is 9.26. The SMILES string of the molecule is CCC(=O)OC(C)c1cc2ccccc2[nH]c1=O. The third-order valence-corrected chi connectivity index (χ3v) is 2.82. The van der Waals surface area contributed by atoms with Crippen LogP contribution in [0.25, 0.3) is 10.9 Å². The molecule has 4 heteroatoms. The molecule has 1 aromatic carbocycles. The van der Waals surface area contributed by atoms with E-state index in [2.05, 4.69) is 4.98 Å². The minimum atomic E-state index is -0.536. The van der Waals surface area contributed by atoms with E-state index in [1.54, 1.807) is 19.9 Å². The molecule has 0 aliphatic carbocycles. The Bertz CT molecular complexity index is 630. The minimum Gasteiger partial charge on any atom is -0.458 e. The Morgan fingerprint density at radius 2 is 2.11 bits per heavy atom. The molecule has 0 amide bonds. The molecule has 94 valence electrons. The lowest BCUT2D eigenvalue weighted by Gasteiger charge is -2.12. The summed E-state index contributed by atoms with van der Waals surface area (Å²) >= 11 is 0. The number of hydrogen-bond donors (Lipinski definition) is 1. The van der Waals surface area contributed by atoms with Gasteiger partial charge >= 0.3 is 5.97 Å². The van der Waals surface area contributed by atoms with E-state index in [1.807, 2.05) is 24.3 Å². The molecule has 2 rings (SSSR count). The van der Waals surface area contributed by atoms with Gasteiger partial charge in [0.1, 0.15) is 6.10 Å². The number of nitrogens with one attached hydrogen (secondary N) is 1. The average Bonchev–Trinajstić information content (AvgIpc) is 2.37. The highest BCUT2D eigenvalue weighted by Gasteiger charge is 2.14. The van der Waals surface area contributed by atoms with Gasteiger partial charge in [-0.2, -0.15) is 0 Å². The van der Waals surface area contributed by atoms with E-state index in [9.17, 15) is 9.59 Å². The minimum absolute atomic E-state index is 0.217. The second-order valence-corrected chi connectivity index (χ2v) is 4.13. The summed E-state index contributed by atoms with van der Waals surface area (Å²) in [4.78, 5) is 25.9. The van der Waals surface area contributed by atoms with E-state index in [0.29, 0.717) is 12.0 Å². The molecule has 1 atom stereocenters. The Morgan fingerprint density at radius 1 is 1.39 bits per heavy atom. The van der Waals surface area contributed by atoms with Crippen molar-refractivity contribution in [3.8, 4) is 0 Å². The smallest absolute Gasteiger partial charge is 0.306 e. The maximum atomic E-state index is 11.9. The van der Waals surface area contributed by atoms with E-state index >= 15 is 0 Å². The van der Waals surface area contributed by atoms with Crippen LogP contribution >= 0.6 is 0 Å². The van der Waals surface area contributed by atoms with Crippen LogP contribution in [0.5, 0.6) is 0 Å². The van der Waals surface area contributed by atoms with Gasteiger partial charge in [0.15, 0.2) is 0 Å². The van der Waals surface area contributed by atoms with Crippen LogP contribution in [0.2, 0.25) is 0 Å². The molecule has 0 spiro atoms.